The number of amides is 2. The van der Waals surface area contributed by atoms with Crippen molar-refractivity contribution in [2.24, 2.45) is 5.73 Å². The van der Waals surface area contributed by atoms with E-state index in [2.05, 4.69) is 4.74 Å². The lowest BCUT2D eigenvalue weighted by molar-refractivity contribution is -0.139. The molecule has 1 aliphatic rings. The van der Waals surface area contributed by atoms with E-state index >= 15 is 0 Å². The van der Waals surface area contributed by atoms with E-state index in [-0.39, 0.29) is 12.5 Å². The van der Waals surface area contributed by atoms with Gasteiger partial charge in [0.1, 0.15) is 12.6 Å². The number of alkyl carbamates (subject to hydrolysis) is 1. The molecule has 7 nitrogen and oxygen atoms in total. The van der Waals surface area contributed by atoms with Crippen LogP contribution in [0, 0.1) is 29.1 Å². The molecule has 0 unspecified atom stereocenters. The first-order chi connectivity index (χ1) is 17.6. The highest BCUT2D eigenvalue weighted by atomic mass is 19.2. The number of hydrogen-bond acceptors (Lipinski definition) is 5. The Labute approximate surface area is 206 Å². The number of nitrogens with two attached hydrogens (primary N) is 1. The first kappa shape index (κ1) is 25.6. The number of ether oxygens (including phenoxy) is 2. The average molecular weight is 520 g/mol. The van der Waals surface area contributed by atoms with Gasteiger partial charge in [-0.3, -0.25) is 4.79 Å². The van der Waals surface area contributed by atoms with Crippen molar-refractivity contribution >= 4 is 18.0 Å². The summed E-state index contributed by atoms with van der Waals surface area (Å²) < 4.78 is 77.4. The highest BCUT2D eigenvalue weighted by molar-refractivity contribution is 5.88. The number of hydrogen-bond donors (Lipinski definition) is 2. The molecule has 0 aromatic heterocycles. The van der Waals surface area contributed by atoms with Gasteiger partial charge >= 0.3 is 12.1 Å². The van der Waals surface area contributed by atoms with Gasteiger partial charge < -0.3 is 20.5 Å². The van der Waals surface area contributed by atoms with Crippen molar-refractivity contribution in [1.29, 1.82) is 0 Å². The molecule has 1 atom stereocenters. The summed E-state index contributed by atoms with van der Waals surface area (Å²) in [6.07, 6.45) is -2.14. The highest BCUT2D eigenvalue weighted by Gasteiger charge is 2.33. The van der Waals surface area contributed by atoms with E-state index < -0.39 is 65.3 Å². The Kier molecular flexibility index (Phi) is 7.09. The molecule has 0 fully saturated rings. The SMILES string of the molecule is NC(=O)C[C@@H](NC(=O)OCC1c2ccccc2-c2ccccc21)C(=O)Oc1c(F)c(F)c(F)c(F)c1F. The second-order valence-electron chi connectivity index (χ2n) is 8.01. The van der Waals surface area contributed by atoms with Gasteiger partial charge in [-0.25, -0.2) is 22.8 Å². The lowest BCUT2D eigenvalue weighted by Gasteiger charge is -2.18. The Morgan fingerprint density at radius 1 is 0.811 bits per heavy atom. The standard InChI is InChI=1S/C25H17F5N2O5/c26-18-19(27)21(29)23(22(30)20(18)28)37-24(34)16(9-17(31)33)32-25(35)36-10-15-13-7-3-1-5-11(13)12-6-2-4-8-14(12)15/h1-8,15-16H,9-10H2,(H2,31,33)(H,32,35)/t16-/m1/s1. The summed E-state index contributed by atoms with van der Waals surface area (Å²) in [5, 5.41) is 1.98. The zero-order chi connectivity index (χ0) is 26.9. The fraction of sp³-hybridized carbons (Fsp3) is 0.160. The maximum absolute atomic E-state index is 13.9. The zero-order valence-electron chi connectivity index (χ0n) is 18.7. The fourth-order valence-electron chi connectivity index (χ4n) is 4.02. The van der Waals surface area contributed by atoms with Crippen LogP contribution in [0.2, 0.25) is 0 Å². The normalized spacial score (nSPS) is 12.9. The number of nitrogens with one attached hydrogen (secondary N) is 1. The Hall–Kier alpha value is -4.48. The molecule has 3 aromatic rings. The molecule has 1 aliphatic carbocycles. The van der Waals surface area contributed by atoms with Crippen LogP contribution in [0.4, 0.5) is 26.7 Å². The summed E-state index contributed by atoms with van der Waals surface area (Å²) in [5.41, 5.74) is 8.72. The fourth-order valence-corrected chi connectivity index (χ4v) is 4.02. The van der Waals surface area contributed by atoms with Gasteiger partial charge in [-0.15, -0.1) is 0 Å². The molecule has 3 aromatic carbocycles. The van der Waals surface area contributed by atoms with E-state index in [1.807, 2.05) is 53.8 Å². The molecule has 0 saturated carbocycles. The van der Waals surface area contributed by atoms with Gasteiger partial charge in [0, 0.05) is 5.92 Å². The molecule has 0 aliphatic heterocycles. The van der Waals surface area contributed by atoms with Gasteiger partial charge in [-0.1, -0.05) is 48.5 Å². The van der Waals surface area contributed by atoms with Crippen molar-refractivity contribution in [2.45, 2.75) is 18.4 Å². The Balaban J connectivity index is 1.48. The maximum Gasteiger partial charge on any atom is 0.407 e. The summed E-state index contributed by atoms with van der Waals surface area (Å²) in [5.74, 6) is -17.1. The smallest absolute Gasteiger partial charge is 0.407 e. The van der Waals surface area contributed by atoms with Crippen LogP contribution in [0.25, 0.3) is 11.1 Å². The average Bonchev–Trinajstić information content (AvgIpc) is 3.20. The van der Waals surface area contributed by atoms with Crippen molar-refractivity contribution in [3.8, 4) is 16.9 Å². The number of benzene rings is 3. The van der Waals surface area contributed by atoms with E-state index in [1.165, 1.54) is 0 Å². The number of rotatable bonds is 7. The van der Waals surface area contributed by atoms with Crippen LogP contribution in [-0.4, -0.2) is 30.6 Å². The van der Waals surface area contributed by atoms with Gasteiger partial charge in [0.2, 0.25) is 40.7 Å². The first-order valence-corrected chi connectivity index (χ1v) is 10.7. The second-order valence-corrected chi connectivity index (χ2v) is 8.01. The number of carbonyl (C=O) groups is 3. The molecule has 4 rings (SSSR count). The summed E-state index contributed by atoms with van der Waals surface area (Å²) in [6.45, 7) is -0.185. The van der Waals surface area contributed by atoms with Crippen molar-refractivity contribution in [2.75, 3.05) is 6.61 Å². The number of halogens is 5. The lowest BCUT2D eigenvalue weighted by Crippen LogP contribution is -2.46. The molecule has 3 N–H and O–H groups in total. The topological polar surface area (TPSA) is 108 Å². The number of esters is 1. The largest absolute Gasteiger partial charge is 0.449 e. The summed E-state index contributed by atoms with van der Waals surface area (Å²) in [7, 11) is 0. The van der Waals surface area contributed by atoms with Crippen LogP contribution in [-0.2, 0) is 14.3 Å². The maximum atomic E-state index is 13.9. The quantitative estimate of drug-likeness (QED) is 0.161. The summed E-state index contributed by atoms with van der Waals surface area (Å²) in [6, 6.07) is 12.9. The molecule has 12 heteroatoms. The van der Waals surface area contributed by atoms with Crippen LogP contribution in [0.3, 0.4) is 0 Å². The van der Waals surface area contributed by atoms with Crippen LogP contribution < -0.4 is 15.8 Å². The minimum atomic E-state index is -2.46. The van der Waals surface area contributed by atoms with Gasteiger partial charge in [0.25, 0.3) is 0 Å². The third-order valence-electron chi connectivity index (χ3n) is 5.70. The monoisotopic (exact) mass is 520 g/mol. The number of carbonyl (C=O) groups excluding carboxylic acids is 3. The van der Waals surface area contributed by atoms with Gasteiger partial charge in [0.15, 0.2) is 0 Å². The molecule has 2 amide bonds. The van der Waals surface area contributed by atoms with Crippen molar-refractivity contribution in [3.63, 3.8) is 0 Å². The van der Waals surface area contributed by atoms with E-state index in [9.17, 15) is 36.3 Å². The Morgan fingerprint density at radius 3 is 1.81 bits per heavy atom. The van der Waals surface area contributed by atoms with E-state index in [1.54, 1.807) is 0 Å². The van der Waals surface area contributed by atoms with Crippen molar-refractivity contribution < 1.29 is 45.8 Å². The number of fused-ring (bicyclic) bond motifs is 3. The van der Waals surface area contributed by atoms with Crippen LogP contribution >= 0.6 is 0 Å². The third-order valence-corrected chi connectivity index (χ3v) is 5.70. The number of primary amides is 1. The highest BCUT2D eigenvalue weighted by Crippen LogP contribution is 2.44. The molecule has 0 heterocycles. The summed E-state index contributed by atoms with van der Waals surface area (Å²) in [4.78, 5) is 36.2. The molecule has 37 heavy (non-hydrogen) atoms. The third kappa shape index (κ3) is 4.95. The molecular formula is C25H17F5N2O5. The van der Waals surface area contributed by atoms with Gasteiger partial charge in [-0.2, -0.15) is 8.78 Å². The molecule has 192 valence electrons. The van der Waals surface area contributed by atoms with Crippen LogP contribution in [0.15, 0.2) is 48.5 Å². The molecule has 0 saturated heterocycles. The van der Waals surface area contributed by atoms with Crippen molar-refractivity contribution in [3.05, 3.63) is 88.7 Å². The zero-order valence-corrected chi connectivity index (χ0v) is 18.7. The minimum absolute atomic E-state index is 0.185. The second kappa shape index (κ2) is 10.2. The molecular weight excluding hydrogens is 503 g/mol. The van der Waals surface area contributed by atoms with Crippen LogP contribution in [0.5, 0.6) is 5.75 Å². The molecule has 0 spiro atoms. The van der Waals surface area contributed by atoms with E-state index in [0.717, 1.165) is 22.3 Å². The van der Waals surface area contributed by atoms with E-state index in [4.69, 9.17) is 10.5 Å². The van der Waals surface area contributed by atoms with Crippen molar-refractivity contribution in [1.82, 2.24) is 5.32 Å². The van der Waals surface area contributed by atoms with Gasteiger partial charge in [0.05, 0.1) is 6.42 Å². The molecule has 0 radical (unpaired) electrons. The van der Waals surface area contributed by atoms with E-state index in [0.29, 0.717) is 0 Å². The van der Waals surface area contributed by atoms with Crippen LogP contribution in [0.1, 0.15) is 23.5 Å². The predicted octanol–water partition coefficient (Wildman–Crippen LogP) is 4.07. The minimum Gasteiger partial charge on any atom is -0.449 e. The Bertz CT molecular complexity index is 1340. The first-order valence-electron chi connectivity index (χ1n) is 10.7. The summed E-state index contributed by atoms with van der Waals surface area (Å²) >= 11 is 0. The van der Waals surface area contributed by atoms with Gasteiger partial charge in [-0.05, 0) is 22.3 Å². The molecule has 0 bridgehead atoms. The lowest BCUT2D eigenvalue weighted by atomic mass is 9.98. The Morgan fingerprint density at radius 2 is 1.30 bits per heavy atom. The predicted molar refractivity (Wildman–Crippen MR) is 118 cm³/mol.